The number of hydrogen-bond donors (Lipinski definition) is 2. The number of hydrogen-bond acceptors (Lipinski definition) is 5. The Morgan fingerprint density at radius 1 is 0.971 bits per heavy atom. The molecule has 0 spiro atoms. The van der Waals surface area contributed by atoms with Gasteiger partial charge in [-0.3, -0.25) is 4.79 Å². The van der Waals surface area contributed by atoms with Gasteiger partial charge in [0.15, 0.2) is 5.65 Å². The number of amides is 1. The number of benzene rings is 3. The minimum Gasteiger partial charge on any atom is -0.383 e. The first-order chi connectivity index (χ1) is 17.0. The molecule has 0 aliphatic rings. The van der Waals surface area contributed by atoms with Gasteiger partial charge in [0.1, 0.15) is 16.9 Å². The molecule has 2 aromatic heterocycles. The maximum Gasteiger partial charge on any atom is 0.257 e. The molecule has 0 radical (unpaired) electrons. The van der Waals surface area contributed by atoms with Crippen molar-refractivity contribution in [1.29, 1.82) is 0 Å². The Bertz CT molecular complexity index is 1540. The van der Waals surface area contributed by atoms with Crippen LogP contribution >= 0.6 is 0 Å². The van der Waals surface area contributed by atoms with Crippen molar-refractivity contribution in [3.8, 4) is 0 Å². The molecule has 0 saturated carbocycles. The molecule has 0 aliphatic heterocycles. The zero-order valence-electron chi connectivity index (χ0n) is 19.6. The Morgan fingerprint density at radius 3 is 2.31 bits per heavy atom. The lowest BCUT2D eigenvalue weighted by molar-refractivity contribution is 0.0953. The summed E-state index contributed by atoms with van der Waals surface area (Å²) < 4.78 is 1.49. The number of nitrogens with two attached hydrogens (primary N) is 1. The topological polar surface area (TPSA) is 98.2 Å². The molecule has 3 N–H and O–H groups in total. The van der Waals surface area contributed by atoms with Gasteiger partial charge in [0.2, 0.25) is 0 Å². The fraction of sp³-hybridized carbons (Fsp3) is 0.143. The second-order valence-electron chi connectivity index (χ2n) is 8.69. The molecule has 0 saturated heterocycles. The zero-order chi connectivity index (χ0) is 24.4. The molecule has 0 aliphatic carbocycles. The van der Waals surface area contributed by atoms with Crippen molar-refractivity contribution >= 4 is 40.1 Å². The number of anilines is 1. The molecular weight excluding hydrogens is 436 g/mol. The predicted molar refractivity (Wildman–Crippen MR) is 141 cm³/mol. The smallest absolute Gasteiger partial charge is 0.257 e. The summed E-state index contributed by atoms with van der Waals surface area (Å²) in [6, 6.07) is 25.4. The van der Waals surface area contributed by atoms with Crippen molar-refractivity contribution in [3.63, 3.8) is 0 Å². The first kappa shape index (κ1) is 22.3. The summed E-state index contributed by atoms with van der Waals surface area (Å²) in [5.74, 6) is 0.317. The number of carbonyl (C=O) groups is 1. The van der Waals surface area contributed by atoms with Crippen LogP contribution in [0.1, 0.15) is 46.8 Å². The SMILES string of the molecule is CC(C)c1ccc(/C=N/n2c(N)c(C(=O)NCc3ccccc3)c3nc4ccccc4nc32)cc1. The minimum atomic E-state index is -0.323. The Hall–Kier alpha value is -4.52. The number of rotatable bonds is 6. The van der Waals surface area contributed by atoms with Gasteiger partial charge in [-0.15, -0.1) is 0 Å². The van der Waals surface area contributed by atoms with E-state index in [1.54, 1.807) is 6.21 Å². The van der Waals surface area contributed by atoms with Gasteiger partial charge in [-0.25, -0.2) is 9.97 Å². The largest absolute Gasteiger partial charge is 0.383 e. The molecule has 7 heteroatoms. The van der Waals surface area contributed by atoms with Crippen molar-refractivity contribution in [2.45, 2.75) is 26.3 Å². The van der Waals surface area contributed by atoms with Crippen molar-refractivity contribution in [1.82, 2.24) is 20.0 Å². The quantitative estimate of drug-likeness (QED) is 0.343. The van der Waals surface area contributed by atoms with Gasteiger partial charge >= 0.3 is 0 Å². The lowest BCUT2D eigenvalue weighted by Gasteiger charge is -2.06. The van der Waals surface area contributed by atoms with Gasteiger partial charge in [0.05, 0.1) is 17.2 Å². The highest BCUT2D eigenvalue weighted by Gasteiger charge is 2.24. The van der Waals surface area contributed by atoms with Crippen molar-refractivity contribution in [2.75, 3.05) is 5.73 Å². The van der Waals surface area contributed by atoms with E-state index in [-0.39, 0.29) is 17.3 Å². The van der Waals surface area contributed by atoms with Gasteiger partial charge in [-0.2, -0.15) is 9.78 Å². The van der Waals surface area contributed by atoms with Gasteiger partial charge in [-0.1, -0.05) is 80.6 Å². The summed E-state index contributed by atoms with van der Waals surface area (Å²) in [5, 5.41) is 7.54. The van der Waals surface area contributed by atoms with Crippen LogP contribution in [0.5, 0.6) is 0 Å². The molecule has 0 bridgehead atoms. The molecule has 0 unspecified atom stereocenters. The molecular formula is C28H26N6O. The van der Waals surface area contributed by atoms with Crippen LogP contribution in [-0.2, 0) is 6.54 Å². The highest BCUT2D eigenvalue weighted by molar-refractivity contribution is 6.10. The number of nitrogens with zero attached hydrogens (tertiary/aromatic N) is 4. The van der Waals surface area contributed by atoms with Crippen LogP contribution in [0.3, 0.4) is 0 Å². The van der Waals surface area contributed by atoms with E-state index >= 15 is 0 Å². The van der Waals surface area contributed by atoms with Gasteiger partial charge in [-0.05, 0) is 34.7 Å². The molecule has 0 atom stereocenters. The fourth-order valence-corrected chi connectivity index (χ4v) is 3.95. The molecule has 5 rings (SSSR count). The van der Waals surface area contributed by atoms with E-state index in [1.165, 1.54) is 10.2 Å². The molecule has 5 aromatic rings. The third-order valence-electron chi connectivity index (χ3n) is 5.92. The minimum absolute atomic E-state index is 0.191. The maximum atomic E-state index is 13.3. The maximum absolute atomic E-state index is 13.3. The van der Waals surface area contributed by atoms with Crippen LogP contribution in [0.15, 0.2) is 84.0 Å². The first-order valence-corrected chi connectivity index (χ1v) is 11.5. The van der Waals surface area contributed by atoms with E-state index in [9.17, 15) is 4.79 Å². The Labute approximate surface area is 203 Å². The molecule has 35 heavy (non-hydrogen) atoms. The predicted octanol–water partition coefficient (Wildman–Crippen LogP) is 5.10. The van der Waals surface area contributed by atoms with Gasteiger partial charge < -0.3 is 11.1 Å². The number of nitrogens with one attached hydrogen (secondary N) is 1. The number of para-hydroxylation sites is 2. The summed E-state index contributed by atoms with van der Waals surface area (Å²) in [6.07, 6.45) is 1.71. The van der Waals surface area contributed by atoms with Crippen LogP contribution < -0.4 is 11.1 Å². The highest BCUT2D eigenvalue weighted by Crippen LogP contribution is 2.28. The summed E-state index contributed by atoms with van der Waals surface area (Å²) >= 11 is 0. The lowest BCUT2D eigenvalue weighted by Crippen LogP contribution is -2.23. The summed E-state index contributed by atoms with van der Waals surface area (Å²) in [7, 11) is 0. The van der Waals surface area contributed by atoms with E-state index in [2.05, 4.69) is 36.4 Å². The Balaban J connectivity index is 1.56. The molecule has 2 heterocycles. The molecule has 1 amide bonds. The number of carbonyl (C=O) groups excluding carboxylic acids is 1. The first-order valence-electron chi connectivity index (χ1n) is 11.5. The summed E-state index contributed by atoms with van der Waals surface area (Å²) in [4.78, 5) is 22.7. The van der Waals surface area contributed by atoms with Crippen LogP contribution in [0, 0.1) is 0 Å². The normalized spacial score (nSPS) is 11.6. The highest BCUT2D eigenvalue weighted by atomic mass is 16.1. The summed E-state index contributed by atoms with van der Waals surface area (Å²) in [6.45, 7) is 4.69. The Kier molecular flexibility index (Phi) is 5.97. The molecule has 3 aromatic carbocycles. The van der Waals surface area contributed by atoms with Crippen molar-refractivity contribution in [3.05, 3.63) is 101 Å². The van der Waals surface area contributed by atoms with E-state index in [1.807, 2.05) is 66.7 Å². The van der Waals surface area contributed by atoms with E-state index in [0.29, 0.717) is 34.7 Å². The zero-order valence-corrected chi connectivity index (χ0v) is 19.6. The number of nitrogen functional groups attached to an aromatic ring is 1. The number of aromatic nitrogens is 3. The fourth-order valence-electron chi connectivity index (χ4n) is 3.95. The molecule has 0 fully saturated rings. The average molecular weight is 463 g/mol. The number of fused-ring (bicyclic) bond motifs is 2. The van der Waals surface area contributed by atoms with Crippen LogP contribution in [0.2, 0.25) is 0 Å². The third kappa shape index (κ3) is 4.48. The van der Waals surface area contributed by atoms with E-state index in [0.717, 1.165) is 11.1 Å². The van der Waals surface area contributed by atoms with E-state index in [4.69, 9.17) is 15.7 Å². The lowest BCUT2D eigenvalue weighted by atomic mass is 10.0. The second kappa shape index (κ2) is 9.38. The van der Waals surface area contributed by atoms with E-state index < -0.39 is 0 Å². The van der Waals surface area contributed by atoms with Crippen LogP contribution in [-0.4, -0.2) is 26.8 Å². The van der Waals surface area contributed by atoms with Gasteiger partial charge in [0, 0.05) is 6.54 Å². The van der Waals surface area contributed by atoms with Crippen molar-refractivity contribution < 1.29 is 4.79 Å². The third-order valence-corrected chi connectivity index (χ3v) is 5.92. The van der Waals surface area contributed by atoms with Gasteiger partial charge in [0.25, 0.3) is 5.91 Å². The standard InChI is InChI=1S/C28H26N6O/c1-18(2)21-14-12-20(13-15-21)17-31-34-26(29)24(28(35)30-16-19-8-4-3-5-9-19)25-27(34)33-23-11-7-6-10-22(23)32-25/h3-15,17-18H,16,29H2,1-2H3,(H,30,35)/b31-17+. The van der Waals surface area contributed by atoms with Crippen molar-refractivity contribution in [2.24, 2.45) is 5.10 Å². The molecule has 7 nitrogen and oxygen atoms in total. The molecule has 174 valence electrons. The average Bonchev–Trinajstić information content (AvgIpc) is 3.15. The Morgan fingerprint density at radius 2 is 1.63 bits per heavy atom. The monoisotopic (exact) mass is 462 g/mol. The second-order valence-corrected chi connectivity index (χ2v) is 8.69. The summed E-state index contributed by atoms with van der Waals surface area (Å²) in [5.41, 5.74) is 12.1. The van der Waals surface area contributed by atoms with Crippen LogP contribution in [0.25, 0.3) is 22.2 Å². The van der Waals surface area contributed by atoms with Crippen LogP contribution in [0.4, 0.5) is 5.82 Å².